The predicted octanol–water partition coefficient (Wildman–Crippen LogP) is 0.161. The zero-order valence-corrected chi connectivity index (χ0v) is 13.2. The molecule has 2 atom stereocenters. The number of nitrogens with zero attached hydrogens (tertiary/aromatic N) is 3. The van der Waals surface area contributed by atoms with Gasteiger partial charge in [0, 0.05) is 18.9 Å². The van der Waals surface area contributed by atoms with Crippen LogP contribution in [0.5, 0.6) is 0 Å². The molecule has 1 aromatic rings. The second-order valence-corrected chi connectivity index (χ2v) is 8.39. The smallest absolute Gasteiger partial charge is 0.170 e. The largest absolute Gasteiger partial charge is 0.377 e. The Balaban J connectivity index is 2.01. The summed E-state index contributed by atoms with van der Waals surface area (Å²) in [5.74, 6) is 0.739. The molecule has 0 spiro atoms. The predicted molar refractivity (Wildman–Crippen MR) is 82.7 cm³/mol. The molecular weight excluding hydrogens is 287 g/mol. The summed E-state index contributed by atoms with van der Waals surface area (Å²) in [5.41, 5.74) is 0.822. The Kier molecular flexibility index (Phi) is 3.48. The van der Waals surface area contributed by atoms with E-state index in [0.29, 0.717) is 18.9 Å². The zero-order valence-electron chi connectivity index (χ0n) is 12.3. The van der Waals surface area contributed by atoms with E-state index in [1.165, 1.54) is 6.26 Å². The maximum Gasteiger partial charge on any atom is 0.170 e. The lowest BCUT2D eigenvalue weighted by molar-refractivity contribution is 0.0985. The monoisotopic (exact) mass is 306 g/mol. The van der Waals surface area contributed by atoms with Crippen LogP contribution in [-0.4, -0.2) is 54.1 Å². The van der Waals surface area contributed by atoms with Crippen molar-refractivity contribution in [1.29, 1.82) is 4.78 Å². The highest BCUT2D eigenvalue weighted by molar-refractivity contribution is 7.92. The Hall–Kier alpha value is -1.15. The van der Waals surface area contributed by atoms with Crippen molar-refractivity contribution < 1.29 is 8.95 Å². The van der Waals surface area contributed by atoms with Crippen molar-refractivity contribution >= 4 is 29.1 Å². The standard InChI is InChI=1S/C13H19BN4O2S/c1-9-8-20-6-5-18(9)11-7-10(16-12(14)17-11)13(3-4-13)21(2,15)19/h7,9,15H,3-6,8H2,1-2H3/t9-,21?/m1/s1. The van der Waals surface area contributed by atoms with Crippen LogP contribution in [0.25, 0.3) is 0 Å². The van der Waals surface area contributed by atoms with E-state index in [2.05, 4.69) is 21.8 Å². The summed E-state index contributed by atoms with van der Waals surface area (Å²) < 4.78 is 25.0. The Morgan fingerprint density at radius 3 is 2.81 bits per heavy atom. The number of hydrogen-bond donors (Lipinski definition) is 1. The number of ether oxygens (including phenoxy) is 1. The Morgan fingerprint density at radius 1 is 1.52 bits per heavy atom. The van der Waals surface area contributed by atoms with E-state index in [4.69, 9.17) is 17.4 Å². The summed E-state index contributed by atoms with van der Waals surface area (Å²) in [6, 6.07) is 2.06. The lowest BCUT2D eigenvalue weighted by Crippen LogP contribution is -2.45. The highest BCUT2D eigenvalue weighted by Crippen LogP contribution is 2.52. The van der Waals surface area contributed by atoms with Gasteiger partial charge in [0.05, 0.1) is 45.1 Å². The summed E-state index contributed by atoms with van der Waals surface area (Å²) in [7, 11) is 3.13. The van der Waals surface area contributed by atoms with E-state index in [1.807, 2.05) is 6.07 Å². The van der Waals surface area contributed by atoms with E-state index >= 15 is 0 Å². The van der Waals surface area contributed by atoms with E-state index in [-0.39, 0.29) is 11.8 Å². The van der Waals surface area contributed by atoms with Gasteiger partial charge in [-0.05, 0) is 19.8 Å². The summed E-state index contributed by atoms with van der Waals surface area (Å²) in [4.78, 5) is 10.7. The quantitative estimate of drug-likeness (QED) is 0.805. The van der Waals surface area contributed by atoms with Crippen LogP contribution in [0.3, 0.4) is 0 Å². The van der Waals surface area contributed by atoms with Crippen molar-refractivity contribution in [3.8, 4) is 0 Å². The van der Waals surface area contributed by atoms with Crippen molar-refractivity contribution in [2.45, 2.75) is 30.6 Å². The lowest BCUT2D eigenvalue weighted by atomic mass is 10.1. The molecular formula is C13H19BN4O2S. The summed E-state index contributed by atoms with van der Waals surface area (Å²) in [6.07, 6.45) is 2.93. The minimum absolute atomic E-state index is 0.177. The molecule has 3 rings (SSSR count). The summed E-state index contributed by atoms with van der Waals surface area (Å²) >= 11 is 0. The van der Waals surface area contributed by atoms with E-state index in [1.54, 1.807) is 0 Å². The van der Waals surface area contributed by atoms with Crippen LogP contribution in [-0.2, 0) is 19.2 Å². The molecule has 21 heavy (non-hydrogen) atoms. The van der Waals surface area contributed by atoms with Gasteiger partial charge in [0.1, 0.15) is 5.82 Å². The number of morpholine rings is 1. The third kappa shape index (κ3) is 2.55. The van der Waals surface area contributed by atoms with Gasteiger partial charge in [0.25, 0.3) is 0 Å². The van der Waals surface area contributed by atoms with Gasteiger partial charge in [-0.1, -0.05) is 0 Å². The molecule has 2 aliphatic rings. The van der Waals surface area contributed by atoms with Crippen molar-refractivity contribution in [3.63, 3.8) is 0 Å². The third-order valence-corrected chi connectivity index (χ3v) is 6.42. The normalized spacial score (nSPS) is 27.1. The van der Waals surface area contributed by atoms with Crippen LogP contribution in [0.4, 0.5) is 5.82 Å². The number of nitrogens with one attached hydrogen (secondary N) is 1. The van der Waals surface area contributed by atoms with Gasteiger partial charge < -0.3 is 9.64 Å². The molecule has 1 N–H and O–H groups in total. The van der Waals surface area contributed by atoms with Gasteiger partial charge in [-0.25, -0.2) is 14.2 Å². The molecule has 2 radical (unpaired) electrons. The van der Waals surface area contributed by atoms with Crippen LogP contribution in [0.2, 0.25) is 0 Å². The molecule has 1 aromatic heterocycles. The minimum atomic E-state index is -2.71. The molecule has 112 valence electrons. The van der Waals surface area contributed by atoms with Gasteiger partial charge in [0.15, 0.2) is 7.85 Å². The van der Waals surface area contributed by atoms with Crippen molar-refractivity contribution in [3.05, 3.63) is 11.8 Å². The maximum atomic E-state index is 12.3. The fourth-order valence-corrected chi connectivity index (χ4v) is 4.24. The minimum Gasteiger partial charge on any atom is -0.377 e. The Bertz CT molecular complexity index is 660. The average molecular weight is 306 g/mol. The molecule has 1 aliphatic heterocycles. The van der Waals surface area contributed by atoms with E-state index < -0.39 is 14.5 Å². The van der Waals surface area contributed by atoms with Gasteiger partial charge in [-0.15, -0.1) is 0 Å². The molecule has 0 aromatic carbocycles. The van der Waals surface area contributed by atoms with Gasteiger partial charge in [-0.3, -0.25) is 4.78 Å². The average Bonchev–Trinajstić information content (AvgIpc) is 3.19. The van der Waals surface area contributed by atoms with Crippen LogP contribution in [0, 0.1) is 4.78 Å². The number of aromatic nitrogens is 2. The van der Waals surface area contributed by atoms with Crippen molar-refractivity contribution in [2.24, 2.45) is 0 Å². The molecule has 1 aliphatic carbocycles. The molecule has 1 saturated heterocycles. The first kappa shape index (κ1) is 14.8. The van der Waals surface area contributed by atoms with Gasteiger partial charge in [-0.2, -0.15) is 0 Å². The van der Waals surface area contributed by atoms with Crippen LogP contribution >= 0.6 is 0 Å². The number of rotatable bonds is 3. The highest BCUT2D eigenvalue weighted by Gasteiger charge is 2.53. The van der Waals surface area contributed by atoms with Crippen molar-refractivity contribution in [1.82, 2.24) is 9.97 Å². The highest BCUT2D eigenvalue weighted by atomic mass is 32.2. The molecule has 2 heterocycles. The summed E-state index contributed by atoms with van der Waals surface area (Å²) in [6.45, 7) is 4.11. The molecule has 2 fully saturated rings. The Morgan fingerprint density at radius 2 is 2.24 bits per heavy atom. The first-order chi connectivity index (χ1) is 9.83. The second-order valence-electron chi connectivity index (χ2n) is 5.92. The molecule has 1 unspecified atom stereocenters. The number of hydrogen-bond acceptors (Lipinski definition) is 6. The summed E-state index contributed by atoms with van der Waals surface area (Å²) in [5, 5.41) is 0. The second kappa shape index (κ2) is 4.95. The van der Waals surface area contributed by atoms with Crippen LogP contribution in [0.1, 0.15) is 25.5 Å². The lowest BCUT2D eigenvalue weighted by Gasteiger charge is -2.34. The van der Waals surface area contributed by atoms with Crippen LogP contribution in [0.15, 0.2) is 6.07 Å². The van der Waals surface area contributed by atoms with Crippen LogP contribution < -0.4 is 10.6 Å². The molecule has 1 saturated carbocycles. The fraction of sp³-hybridized carbons (Fsp3) is 0.692. The van der Waals surface area contributed by atoms with E-state index in [9.17, 15) is 4.21 Å². The van der Waals surface area contributed by atoms with Gasteiger partial charge in [0.2, 0.25) is 0 Å². The first-order valence-electron chi connectivity index (χ1n) is 7.06. The molecule has 0 bridgehead atoms. The van der Waals surface area contributed by atoms with E-state index in [0.717, 1.165) is 25.2 Å². The SMILES string of the molecule is [B]c1nc(N2CCOC[C@H]2C)cc(C2(S(C)(=N)=O)CC2)n1. The maximum absolute atomic E-state index is 12.3. The Labute approximate surface area is 126 Å². The topological polar surface area (TPSA) is 79.2 Å². The number of anilines is 1. The molecule has 8 heteroatoms. The third-order valence-electron chi connectivity index (χ3n) is 4.31. The van der Waals surface area contributed by atoms with Crippen molar-refractivity contribution in [2.75, 3.05) is 30.9 Å². The van der Waals surface area contributed by atoms with Gasteiger partial charge >= 0.3 is 0 Å². The first-order valence-corrected chi connectivity index (χ1v) is 9.03. The molecule has 6 nitrogen and oxygen atoms in total. The zero-order chi connectivity index (χ0) is 15.3. The fourth-order valence-electron chi connectivity index (χ4n) is 2.86. The molecule has 0 amide bonds.